The predicted molar refractivity (Wildman–Crippen MR) is 79.0 cm³/mol. The third kappa shape index (κ3) is 3.58. The van der Waals surface area contributed by atoms with E-state index in [1.165, 1.54) is 18.4 Å². The van der Waals surface area contributed by atoms with Crippen molar-refractivity contribution in [1.82, 2.24) is 14.7 Å². The highest BCUT2D eigenvalue weighted by Crippen LogP contribution is 2.28. The highest BCUT2D eigenvalue weighted by molar-refractivity contribution is 7.07. The molecule has 2 aromatic rings. The first-order valence-corrected chi connectivity index (χ1v) is 7.79. The number of nitrogens with two attached hydrogens (primary N) is 1. The van der Waals surface area contributed by atoms with Gasteiger partial charge in [0.25, 0.3) is 0 Å². The third-order valence-corrected chi connectivity index (χ3v) is 4.25. The smallest absolute Gasteiger partial charge is 0.145 e. The molecule has 0 aromatic carbocycles. The highest BCUT2D eigenvalue weighted by atomic mass is 32.1. The molecule has 0 amide bonds. The van der Waals surface area contributed by atoms with Crippen molar-refractivity contribution in [1.29, 1.82) is 0 Å². The molecule has 0 atom stereocenters. The average molecular weight is 276 g/mol. The van der Waals surface area contributed by atoms with E-state index >= 15 is 0 Å². The number of nitrogen functional groups attached to an aromatic ring is 1. The summed E-state index contributed by atoms with van der Waals surface area (Å²) in [4.78, 5) is 2.61. The molecule has 0 bridgehead atoms. The lowest BCUT2D eigenvalue weighted by molar-refractivity contribution is 0.245. The average Bonchev–Trinajstić information content (AvgIpc) is 2.97. The van der Waals surface area contributed by atoms with Crippen LogP contribution < -0.4 is 5.73 Å². The molecule has 2 N–H and O–H groups in total. The summed E-state index contributed by atoms with van der Waals surface area (Å²) in [6.45, 7) is 3.18. The van der Waals surface area contributed by atoms with Gasteiger partial charge >= 0.3 is 0 Å². The van der Waals surface area contributed by atoms with Gasteiger partial charge in [-0.15, -0.1) is 0 Å². The zero-order chi connectivity index (χ0) is 13.1. The van der Waals surface area contributed by atoms with Crippen LogP contribution in [0.1, 0.15) is 24.8 Å². The van der Waals surface area contributed by atoms with E-state index in [2.05, 4.69) is 26.8 Å². The molecule has 2 heterocycles. The van der Waals surface area contributed by atoms with Crippen molar-refractivity contribution in [3.8, 4) is 0 Å². The fourth-order valence-electron chi connectivity index (χ4n) is 2.39. The highest BCUT2D eigenvalue weighted by Gasteiger charge is 2.28. The Labute approximate surface area is 117 Å². The molecular formula is C14H20N4S. The maximum atomic E-state index is 5.62. The molecule has 0 saturated heterocycles. The van der Waals surface area contributed by atoms with E-state index in [0.29, 0.717) is 5.82 Å². The topological polar surface area (TPSA) is 47.1 Å². The Morgan fingerprint density at radius 1 is 1.42 bits per heavy atom. The summed E-state index contributed by atoms with van der Waals surface area (Å²) in [5.74, 6) is 0.609. The van der Waals surface area contributed by atoms with Gasteiger partial charge in [0.15, 0.2) is 0 Å². The molecule has 1 saturated carbocycles. The molecule has 1 aliphatic rings. The van der Waals surface area contributed by atoms with E-state index in [-0.39, 0.29) is 0 Å². The molecule has 19 heavy (non-hydrogen) atoms. The van der Waals surface area contributed by atoms with Crippen molar-refractivity contribution in [2.45, 2.75) is 38.4 Å². The predicted octanol–water partition coefficient (Wildman–Crippen LogP) is 2.58. The Kier molecular flexibility index (Phi) is 3.84. The molecule has 3 rings (SSSR count). The van der Waals surface area contributed by atoms with E-state index in [0.717, 1.165) is 32.1 Å². The van der Waals surface area contributed by atoms with Gasteiger partial charge in [0, 0.05) is 31.9 Å². The molecule has 5 heteroatoms. The van der Waals surface area contributed by atoms with Crippen molar-refractivity contribution < 1.29 is 0 Å². The molecule has 4 nitrogen and oxygen atoms in total. The van der Waals surface area contributed by atoms with E-state index in [1.54, 1.807) is 11.3 Å². The van der Waals surface area contributed by atoms with Crippen LogP contribution in [-0.2, 0) is 13.1 Å². The summed E-state index contributed by atoms with van der Waals surface area (Å²) in [7, 11) is 0. The van der Waals surface area contributed by atoms with Crippen LogP contribution in [0, 0.1) is 0 Å². The summed E-state index contributed by atoms with van der Waals surface area (Å²) in [5, 5.41) is 8.63. The van der Waals surface area contributed by atoms with E-state index in [9.17, 15) is 0 Å². The molecule has 0 unspecified atom stereocenters. The zero-order valence-corrected chi connectivity index (χ0v) is 11.9. The number of hydrogen-bond donors (Lipinski definition) is 1. The molecule has 2 aromatic heterocycles. The Balaban J connectivity index is 1.48. The summed E-state index contributed by atoms with van der Waals surface area (Å²) in [6, 6.07) is 4.89. The first-order chi connectivity index (χ1) is 9.31. The van der Waals surface area contributed by atoms with Gasteiger partial charge in [-0.05, 0) is 47.7 Å². The van der Waals surface area contributed by atoms with Crippen molar-refractivity contribution in [2.75, 3.05) is 12.3 Å². The van der Waals surface area contributed by atoms with Crippen molar-refractivity contribution in [3.63, 3.8) is 0 Å². The van der Waals surface area contributed by atoms with Crippen LogP contribution in [0.4, 0.5) is 5.82 Å². The second-order valence-electron chi connectivity index (χ2n) is 5.19. The molecule has 0 spiro atoms. The maximum Gasteiger partial charge on any atom is 0.145 e. The van der Waals surface area contributed by atoms with E-state index in [1.807, 2.05) is 16.9 Å². The number of rotatable bonds is 7. The Bertz CT molecular complexity index is 501. The van der Waals surface area contributed by atoms with Gasteiger partial charge in [-0.2, -0.15) is 16.4 Å². The first-order valence-electron chi connectivity index (χ1n) is 6.85. The fraction of sp³-hybridized carbons (Fsp3) is 0.500. The standard InChI is InChI=1S/C14H20N4S/c15-14-4-8-18(16-14)7-1-6-17(13-2-3-13)10-12-5-9-19-11-12/h4-5,8-9,11,13H,1-3,6-7,10H2,(H2,15,16). The van der Waals surface area contributed by atoms with Crippen LogP contribution in [0.3, 0.4) is 0 Å². The Morgan fingerprint density at radius 2 is 2.32 bits per heavy atom. The normalized spacial score (nSPS) is 15.2. The number of aryl methyl sites for hydroxylation is 1. The van der Waals surface area contributed by atoms with Gasteiger partial charge in [0.05, 0.1) is 0 Å². The number of hydrogen-bond acceptors (Lipinski definition) is 4. The van der Waals surface area contributed by atoms with Crippen LogP contribution in [0.5, 0.6) is 0 Å². The van der Waals surface area contributed by atoms with Crippen LogP contribution in [-0.4, -0.2) is 27.3 Å². The Morgan fingerprint density at radius 3 is 2.95 bits per heavy atom. The number of aromatic nitrogens is 2. The van der Waals surface area contributed by atoms with Crippen LogP contribution in [0.15, 0.2) is 29.1 Å². The minimum atomic E-state index is 0.609. The molecule has 0 radical (unpaired) electrons. The second-order valence-corrected chi connectivity index (χ2v) is 5.97. The van der Waals surface area contributed by atoms with Crippen LogP contribution in [0.25, 0.3) is 0 Å². The lowest BCUT2D eigenvalue weighted by Gasteiger charge is -2.21. The van der Waals surface area contributed by atoms with Gasteiger partial charge in [-0.1, -0.05) is 0 Å². The molecule has 0 aliphatic heterocycles. The molecule has 1 aliphatic carbocycles. The van der Waals surface area contributed by atoms with Crippen molar-refractivity contribution in [2.24, 2.45) is 0 Å². The lowest BCUT2D eigenvalue weighted by Crippen LogP contribution is -2.27. The minimum absolute atomic E-state index is 0.609. The molecule has 102 valence electrons. The first kappa shape index (κ1) is 12.7. The summed E-state index contributed by atoms with van der Waals surface area (Å²) >= 11 is 1.78. The van der Waals surface area contributed by atoms with Crippen molar-refractivity contribution >= 4 is 17.2 Å². The van der Waals surface area contributed by atoms with Gasteiger partial charge in [0.2, 0.25) is 0 Å². The number of anilines is 1. The quantitative estimate of drug-likeness (QED) is 0.845. The summed E-state index contributed by atoms with van der Waals surface area (Å²) in [5.41, 5.74) is 7.06. The number of nitrogens with zero attached hydrogens (tertiary/aromatic N) is 3. The van der Waals surface area contributed by atoms with Gasteiger partial charge in [0.1, 0.15) is 5.82 Å². The zero-order valence-electron chi connectivity index (χ0n) is 11.0. The van der Waals surface area contributed by atoms with Crippen molar-refractivity contribution in [3.05, 3.63) is 34.7 Å². The van der Waals surface area contributed by atoms with E-state index in [4.69, 9.17) is 5.73 Å². The number of thiophene rings is 1. The van der Waals surface area contributed by atoms with Gasteiger partial charge < -0.3 is 5.73 Å². The summed E-state index contributed by atoms with van der Waals surface area (Å²) < 4.78 is 1.94. The molecular weight excluding hydrogens is 256 g/mol. The SMILES string of the molecule is Nc1ccn(CCCN(Cc2ccsc2)C2CC2)n1. The largest absolute Gasteiger partial charge is 0.382 e. The van der Waals surface area contributed by atoms with Crippen LogP contribution in [0.2, 0.25) is 0 Å². The third-order valence-electron chi connectivity index (χ3n) is 3.52. The fourth-order valence-corrected chi connectivity index (χ4v) is 3.05. The molecule has 1 fully saturated rings. The van der Waals surface area contributed by atoms with Crippen LogP contribution >= 0.6 is 11.3 Å². The van der Waals surface area contributed by atoms with E-state index < -0.39 is 0 Å². The minimum Gasteiger partial charge on any atom is -0.382 e. The maximum absolute atomic E-state index is 5.62. The Hall–Kier alpha value is -1.33. The second kappa shape index (κ2) is 5.75. The lowest BCUT2D eigenvalue weighted by atomic mass is 10.3. The monoisotopic (exact) mass is 276 g/mol. The van der Waals surface area contributed by atoms with Gasteiger partial charge in [-0.25, -0.2) is 0 Å². The van der Waals surface area contributed by atoms with Gasteiger partial charge in [-0.3, -0.25) is 9.58 Å². The summed E-state index contributed by atoms with van der Waals surface area (Å²) in [6.07, 6.45) is 5.80.